The standard InChI is InChI=1S/C13H20ClN3O3/c1-20-8-11(4-5-18)16-7-10-3-2-9(6-12(10)14)13(15)17-19/h2-3,6,11,16,18-19H,4-5,7-8H2,1H3,(H2,15,17). The molecule has 0 saturated carbocycles. The third-order valence-corrected chi connectivity index (χ3v) is 3.24. The summed E-state index contributed by atoms with van der Waals surface area (Å²) in [5.41, 5.74) is 6.95. The van der Waals surface area contributed by atoms with Gasteiger partial charge in [-0.2, -0.15) is 0 Å². The van der Waals surface area contributed by atoms with Crippen molar-refractivity contribution < 1.29 is 15.1 Å². The molecule has 0 radical (unpaired) electrons. The first-order valence-corrected chi connectivity index (χ1v) is 6.59. The Kier molecular flexibility index (Phi) is 7.32. The zero-order valence-corrected chi connectivity index (χ0v) is 12.1. The van der Waals surface area contributed by atoms with Crippen LogP contribution in [0, 0.1) is 0 Å². The van der Waals surface area contributed by atoms with Crippen LogP contribution in [0.5, 0.6) is 0 Å². The Hall–Kier alpha value is -1.34. The molecule has 6 nitrogen and oxygen atoms in total. The van der Waals surface area contributed by atoms with Crippen molar-refractivity contribution in [3.63, 3.8) is 0 Å². The summed E-state index contributed by atoms with van der Waals surface area (Å²) < 4.78 is 5.07. The summed E-state index contributed by atoms with van der Waals surface area (Å²) in [5.74, 6) is 0.0175. The molecule has 112 valence electrons. The van der Waals surface area contributed by atoms with E-state index in [9.17, 15) is 0 Å². The van der Waals surface area contributed by atoms with Gasteiger partial charge in [0.1, 0.15) is 0 Å². The van der Waals surface area contributed by atoms with Crippen molar-refractivity contribution in [2.75, 3.05) is 20.3 Å². The summed E-state index contributed by atoms with van der Waals surface area (Å²) >= 11 is 6.16. The minimum Gasteiger partial charge on any atom is -0.409 e. The van der Waals surface area contributed by atoms with Crippen LogP contribution in [0.2, 0.25) is 5.02 Å². The quantitative estimate of drug-likeness (QED) is 0.248. The normalized spacial score (nSPS) is 13.4. The van der Waals surface area contributed by atoms with Gasteiger partial charge in [0.2, 0.25) is 0 Å². The van der Waals surface area contributed by atoms with Gasteiger partial charge in [0.15, 0.2) is 5.84 Å². The summed E-state index contributed by atoms with van der Waals surface area (Å²) in [7, 11) is 1.62. The van der Waals surface area contributed by atoms with E-state index in [1.165, 1.54) is 0 Å². The average Bonchev–Trinajstić information content (AvgIpc) is 2.45. The predicted octanol–water partition coefficient (Wildman–Crippen LogP) is 0.922. The second-order valence-electron chi connectivity index (χ2n) is 4.34. The molecule has 1 rings (SSSR count). The number of ether oxygens (including phenoxy) is 1. The van der Waals surface area contributed by atoms with Crippen LogP contribution in [0.1, 0.15) is 17.5 Å². The van der Waals surface area contributed by atoms with Crippen LogP contribution in [-0.4, -0.2) is 42.5 Å². The van der Waals surface area contributed by atoms with Crippen LogP contribution in [-0.2, 0) is 11.3 Å². The number of benzene rings is 1. The maximum Gasteiger partial charge on any atom is 0.170 e. The molecule has 1 aromatic carbocycles. The van der Waals surface area contributed by atoms with E-state index in [2.05, 4.69) is 10.5 Å². The molecule has 0 aromatic heterocycles. The topological polar surface area (TPSA) is 100 Å². The monoisotopic (exact) mass is 301 g/mol. The minimum atomic E-state index is 0.0175. The van der Waals surface area contributed by atoms with Gasteiger partial charge >= 0.3 is 0 Å². The number of aliphatic hydroxyl groups is 1. The lowest BCUT2D eigenvalue weighted by molar-refractivity contribution is 0.148. The van der Waals surface area contributed by atoms with Gasteiger partial charge in [-0.3, -0.25) is 0 Å². The van der Waals surface area contributed by atoms with E-state index in [-0.39, 0.29) is 18.5 Å². The van der Waals surface area contributed by atoms with Gasteiger partial charge in [0.05, 0.1) is 6.61 Å². The SMILES string of the molecule is COCC(CCO)NCc1ccc(/C(N)=N/O)cc1Cl. The molecule has 0 aliphatic rings. The summed E-state index contributed by atoms with van der Waals surface area (Å²) in [6, 6.07) is 5.25. The van der Waals surface area contributed by atoms with Gasteiger partial charge < -0.3 is 26.1 Å². The number of amidine groups is 1. The fourth-order valence-corrected chi connectivity index (χ4v) is 2.01. The molecule has 0 bridgehead atoms. The highest BCUT2D eigenvalue weighted by atomic mass is 35.5. The Morgan fingerprint density at radius 3 is 2.85 bits per heavy atom. The summed E-state index contributed by atoms with van der Waals surface area (Å²) in [5, 5.41) is 24.3. The lowest BCUT2D eigenvalue weighted by Gasteiger charge is -2.17. The Bertz CT molecular complexity index is 448. The smallest absolute Gasteiger partial charge is 0.170 e. The molecule has 0 spiro atoms. The van der Waals surface area contributed by atoms with Crippen LogP contribution in [0.3, 0.4) is 0 Å². The van der Waals surface area contributed by atoms with E-state index in [0.29, 0.717) is 30.2 Å². The van der Waals surface area contributed by atoms with E-state index < -0.39 is 0 Å². The number of methoxy groups -OCH3 is 1. The van der Waals surface area contributed by atoms with Crippen molar-refractivity contribution in [3.05, 3.63) is 34.3 Å². The molecule has 1 aromatic rings. The molecule has 5 N–H and O–H groups in total. The fraction of sp³-hybridized carbons (Fsp3) is 0.462. The largest absolute Gasteiger partial charge is 0.409 e. The van der Waals surface area contributed by atoms with Crippen molar-refractivity contribution in [1.29, 1.82) is 0 Å². The highest BCUT2D eigenvalue weighted by Gasteiger charge is 2.09. The van der Waals surface area contributed by atoms with Crippen molar-refractivity contribution in [1.82, 2.24) is 5.32 Å². The highest BCUT2D eigenvalue weighted by Crippen LogP contribution is 2.18. The number of nitrogens with one attached hydrogen (secondary N) is 1. The maximum absolute atomic E-state index is 8.97. The Morgan fingerprint density at radius 2 is 2.30 bits per heavy atom. The Morgan fingerprint density at radius 1 is 1.55 bits per heavy atom. The van der Waals surface area contributed by atoms with Crippen molar-refractivity contribution in [3.8, 4) is 0 Å². The third-order valence-electron chi connectivity index (χ3n) is 2.88. The van der Waals surface area contributed by atoms with Crippen molar-refractivity contribution >= 4 is 17.4 Å². The molecule has 0 fully saturated rings. The number of hydrogen-bond acceptors (Lipinski definition) is 5. The van der Waals surface area contributed by atoms with Gasteiger partial charge in [0, 0.05) is 36.9 Å². The van der Waals surface area contributed by atoms with Gasteiger partial charge in [-0.15, -0.1) is 0 Å². The van der Waals surface area contributed by atoms with Crippen LogP contribution in [0.4, 0.5) is 0 Å². The number of nitrogens with zero attached hydrogens (tertiary/aromatic N) is 1. The van der Waals surface area contributed by atoms with Gasteiger partial charge in [-0.05, 0) is 18.1 Å². The number of halogens is 1. The first-order chi connectivity index (χ1) is 9.62. The highest BCUT2D eigenvalue weighted by molar-refractivity contribution is 6.31. The molecule has 1 unspecified atom stereocenters. The maximum atomic E-state index is 8.97. The number of hydrogen-bond donors (Lipinski definition) is 4. The third kappa shape index (κ3) is 4.97. The lowest BCUT2D eigenvalue weighted by atomic mass is 10.1. The molecule has 0 heterocycles. The number of oxime groups is 1. The van der Waals surface area contributed by atoms with E-state index in [4.69, 9.17) is 32.4 Å². The molecule has 7 heteroatoms. The van der Waals surface area contributed by atoms with Crippen molar-refractivity contribution in [2.24, 2.45) is 10.9 Å². The number of rotatable bonds is 8. The molecule has 20 heavy (non-hydrogen) atoms. The number of aliphatic hydroxyl groups excluding tert-OH is 1. The second-order valence-corrected chi connectivity index (χ2v) is 4.74. The summed E-state index contributed by atoms with van der Waals surface area (Å²) in [6.07, 6.45) is 0.605. The summed E-state index contributed by atoms with van der Waals surface area (Å²) in [6.45, 7) is 1.15. The number of nitrogens with two attached hydrogens (primary N) is 1. The van der Waals surface area contributed by atoms with Crippen LogP contribution in [0.15, 0.2) is 23.4 Å². The first-order valence-electron chi connectivity index (χ1n) is 6.21. The molecular weight excluding hydrogens is 282 g/mol. The van der Waals surface area contributed by atoms with Crippen LogP contribution >= 0.6 is 11.6 Å². The Labute approximate surface area is 123 Å². The summed E-state index contributed by atoms with van der Waals surface area (Å²) in [4.78, 5) is 0. The van der Waals surface area contributed by atoms with E-state index >= 15 is 0 Å². The van der Waals surface area contributed by atoms with E-state index in [1.807, 2.05) is 6.07 Å². The van der Waals surface area contributed by atoms with Crippen LogP contribution in [0.25, 0.3) is 0 Å². The molecule has 0 amide bonds. The Balaban J connectivity index is 2.68. The molecule has 0 aliphatic heterocycles. The molecule has 0 saturated heterocycles. The first kappa shape index (κ1) is 16.7. The molecule has 0 aliphatic carbocycles. The fourth-order valence-electron chi connectivity index (χ4n) is 1.76. The second kappa shape index (κ2) is 8.76. The minimum absolute atomic E-state index is 0.0175. The average molecular weight is 302 g/mol. The van der Waals surface area contributed by atoms with E-state index in [0.717, 1.165) is 5.56 Å². The lowest BCUT2D eigenvalue weighted by Crippen LogP contribution is -2.33. The zero-order chi connectivity index (χ0) is 15.0. The molecule has 1 atom stereocenters. The van der Waals surface area contributed by atoms with Crippen LogP contribution < -0.4 is 11.1 Å². The predicted molar refractivity (Wildman–Crippen MR) is 78.2 cm³/mol. The molecular formula is C13H20ClN3O3. The van der Waals surface area contributed by atoms with E-state index in [1.54, 1.807) is 19.2 Å². The van der Waals surface area contributed by atoms with Gasteiger partial charge in [-0.25, -0.2) is 0 Å². The van der Waals surface area contributed by atoms with Gasteiger partial charge in [0.25, 0.3) is 0 Å². The van der Waals surface area contributed by atoms with Gasteiger partial charge in [-0.1, -0.05) is 28.9 Å². The van der Waals surface area contributed by atoms with Crippen molar-refractivity contribution in [2.45, 2.75) is 19.0 Å². The zero-order valence-electron chi connectivity index (χ0n) is 11.3.